The van der Waals surface area contributed by atoms with Crippen LogP contribution in [0.15, 0.2) is 91.0 Å². The van der Waals surface area contributed by atoms with Crippen molar-refractivity contribution in [3.05, 3.63) is 119 Å². The normalized spacial score (nSPS) is 22.1. The predicted octanol–water partition coefficient (Wildman–Crippen LogP) is 10.6. The lowest BCUT2D eigenvalue weighted by atomic mass is 9.80. The van der Waals surface area contributed by atoms with E-state index in [0.717, 1.165) is 77.0 Å². The average molecular weight is 858 g/mol. The number of esters is 5. The Morgan fingerprint density at radius 1 is 0.444 bits per heavy atom. The van der Waals surface area contributed by atoms with Crippen LogP contribution in [0.1, 0.15) is 150 Å². The maximum absolute atomic E-state index is 13.7. The number of nitrogens with one attached hydrogen (secondary N) is 1. The van der Waals surface area contributed by atoms with Crippen LogP contribution in [0, 0.1) is 23.7 Å². The van der Waals surface area contributed by atoms with E-state index < -0.39 is 29.8 Å². The number of amides is 1. The molecule has 3 aliphatic rings. The van der Waals surface area contributed by atoms with Gasteiger partial charge in [0.2, 0.25) is 0 Å². The lowest BCUT2D eigenvalue weighted by molar-refractivity contribution is -0.141. The molecule has 3 fully saturated rings. The minimum atomic E-state index is -0.846. The molecular weight excluding hydrogens is 803 g/mol. The SMILES string of the molecule is CC1CCCCC1OC(=O)c1ccc(OC(=O)c2ccc(C(=O)Oc3ccc(C(=O)OC4CCCCC4C)cc3)c(NC(=O)c3ccc(OC(=O)C4CCCCC4C)cc3)c2)cc1. The molecule has 4 aromatic rings. The molecule has 6 atom stereocenters. The summed E-state index contributed by atoms with van der Waals surface area (Å²) >= 11 is 0. The predicted molar refractivity (Wildman–Crippen MR) is 234 cm³/mol. The number of ether oxygens (including phenoxy) is 5. The first kappa shape index (κ1) is 44.7. The number of rotatable bonds is 12. The minimum absolute atomic E-state index is 0.00553. The van der Waals surface area contributed by atoms with Gasteiger partial charge < -0.3 is 29.0 Å². The molecule has 330 valence electrons. The third-order valence-electron chi connectivity index (χ3n) is 12.7. The molecule has 0 radical (unpaired) electrons. The maximum atomic E-state index is 13.7. The fourth-order valence-corrected chi connectivity index (χ4v) is 8.65. The Hall–Kier alpha value is -6.30. The van der Waals surface area contributed by atoms with Crippen LogP contribution in [0.4, 0.5) is 5.69 Å². The second-order valence-corrected chi connectivity index (χ2v) is 17.3. The fraction of sp³-hybridized carbons (Fsp3) is 0.412. The number of carbonyl (C=O) groups is 6. The summed E-state index contributed by atoms with van der Waals surface area (Å²) in [5.41, 5.74) is 0.723. The van der Waals surface area contributed by atoms with Gasteiger partial charge in [-0.25, -0.2) is 19.2 Å². The van der Waals surface area contributed by atoms with Crippen LogP contribution in [0.5, 0.6) is 17.2 Å². The van der Waals surface area contributed by atoms with E-state index in [1.54, 1.807) is 0 Å². The minimum Gasteiger partial charge on any atom is -0.459 e. The number of hydrogen-bond acceptors (Lipinski definition) is 11. The zero-order valence-electron chi connectivity index (χ0n) is 36.1. The van der Waals surface area contributed by atoms with Crippen molar-refractivity contribution in [2.75, 3.05) is 5.32 Å². The standard InChI is InChI=1S/C51H55NO11/c1-31-10-4-7-13-41(31)50(57)60-39-23-16-34(17-24-39)46(53)52-43-30-37(49(56)59-38-25-18-35(19-26-38)47(54)62-44-14-8-5-11-32(44)2)22-29-42(43)51(58)61-40-27-20-36(21-28-40)48(55)63-45-15-9-6-12-33(45)3/h16-33,41,44-45H,4-15H2,1-3H3,(H,52,53). The van der Waals surface area contributed by atoms with Crippen molar-refractivity contribution in [3.63, 3.8) is 0 Å². The van der Waals surface area contributed by atoms with Crippen LogP contribution in [0.3, 0.4) is 0 Å². The van der Waals surface area contributed by atoms with E-state index in [1.807, 2.05) is 0 Å². The van der Waals surface area contributed by atoms with E-state index in [0.29, 0.717) is 16.9 Å². The van der Waals surface area contributed by atoms with E-state index >= 15 is 0 Å². The largest absolute Gasteiger partial charge is 0.459 e. The molecule has 0 spiro atoms. The highest BCUT2D eigenvalue weighted by Gasteiger charge is 2.30. The zero-order chi connectivity index (χ0) is 44.5. The van der Waals surface area contributed by atoms with Crippen molar-refractivity contribution in [1.29, 1.82) is 0 Å². The highest BCUT2D eigenvalue weighted by Crippen LogP contribution is 2.32. The van der Waals surface area contributed by atoms with Gasteiger partial charge in [0.15, 0.2) is 0 Å². The smallest absolute Gasteiger partial charge is 0.345 e. The summed E-state index contributed by atoms with van der Waals surface area (Å²) in [6, 6.07) is 22.1. The van der Waals surface area contributed by atoms with Crippen LogP contribution in [-0.2, 0) is 14.3 Å². The Morgan fingerprint density at radius 2 is 0.873 bits per heavy atom. The number of benzene rings is 4. The van der Waals surface area contributed by atoms with Gasteiger partial charge in [0.25, 0.3) is 5.91 Å². The van der Waals surface area contributed by atoms with Crippen molar-refractivity contribution < 1.29 is 52.5 Å². The Kier molecular flexibility index (Phi) is 14.7. The number of carbonyl (C=O) groups excluding carboxylic acids is 6. The second-order valence-electron chi connectivity index (χ2n) is 17.3. The van der Waals surface area contributed by atoms with Crippen molar-refractivity contribution in [2.24, 2.45) is 23.7 Å². The summed E-state index contributed by atoms with van der Waals surface area (Å²) in [4.78, 5) is 79.5. The van der Waals surface area contributed by atoms with Crippen LogP contribution in [-0.4, -0.2) is 48.0 Å². The fourth-order valence-electron chi connectivity index (χ4n) is 8.65. The molecule has 0 bridgehead atoms. The first-order valence-electron chi connectivity index (χ1n) is 22.3. The molecule has 0 aromatic heterocycles. The summed E-state index contributed by atoms with van der Waals surface area (Å²) in [5.74, 6) is -2.22. The van der Waals surface area contributed by atoms with E-state index in [4.69, 9.17) is 23.7 Å². The Labute approximate surface area is 368 Å². The average Bonchev–Trinajstić information content (AvgIpc) is 3.28. The van der Waals surface area contributed by atoms with Crippen LogP contribution in [0.2, 0.25) is 0 Å². The van der Waals surface area contributed by atoms with Gasteiger partial charge in [-0.15, -0.1) is 0 Å². The monoisotopic (exact) mass is 857 g/mol. The summed E-state index contributed by atoms with van der Waals surface area (Å²) in [5, 5.41) is 2.73. The Morgan fingerprint density at radius 3 is 1.38 bits per heavy atom. The van der Waals surface area contributed by atoms with Crippen molar-refractivity contribution in [1.82, 2.24) is 0 Å². The van der Waals surface area contributed by atoms with E-state index in [1.165, 1.54) is 91.0 Å². The van der Waals surface area contributed by atoms with Gasteiger partial charge in [-0.2, -0.15) is 0 Å². The van der Waals surface area contributed by atoms with E-state index in [9.17, 15) is 28.8 Å². The lowest BCUT2D eigenvalue weighted by Gasteiger charge is -2.28. The lowest BCUT2D eigenvalue weighted by Crippen LogP contribution is -2.29. The molecule has 7 rings (SSSR count). The quantitative estimate of drug-likeness (QED) is 0.107. The van der Waals surface area contributed by atoms with E-state index in [-0.39, 0.29) is 75.7 Å². The summed E-state index contributed by atoms with van der Waals surface area (Å²) < 4.78 is 28.5. The maximum Gasteiger partial charge on any atom is 0.345 e. The van der Waals surface area contributed by atoms with Gasteiger partial charge in [-0.05, 0) is 160 Å². The Balaban J connectivity index is 1.05. The van der Waals surface area contributed by atoms with Gasteiger partial charge in [-0.1, -0.05) is 46.5 Å². The Bertz CT molecular complexity index is 2290. The van der Waals surface area contributed by atoms with Crippen LogP contribution < -0.4 is 19.5 Å². The third kappa shape index (κ3) is 11.6. The van der Waals surface area contributed by atoms with Gasteiger partial charge >= 0.3 is 29.8 Å². The molecule has 0 saturated heterocycles. The molecule has 3 saturated carbocycles. The molecule has 1 amide bonds. The first-order valence-corrected chi connectivity index (χ1v) is 22.3. The van der Waals surface area contributed by atoms with Crippen LogP contribution in [0.25, 0.3) is 0 Å². The molecular formula is C51H55NO11. The summed E-state index contributed by atoms with van der Waals surface area (Å²) in [6.45, 7) is 6.22. The van der Waals surface area contributed by atoms with E-state index in [2.05, 4.69) is 26.1 Å². The van der Waals surface area contributed by atoms with Gasteiger partial charge in [0.1, 0.15) is 29.5 Å². The zero-order valence-corrected chi connectivity index (χ0v) is 36.1. The molecule has 12 heteroatoms. The summed E-state index contributed by atoms with van der Waals surface area (Å²) in [7, 11) is 0. The third-order valence-corrected chi connectivity index (χ3v) is 12.7. The number of anilines is 1. The molecule has 0 aliphatic heterocycles. The molecule has 4 aromatic carbocycles. The van der Waals surface area contributed by atoms with Gasteiger partial charge in [-0.3, -0.25) is 9.59 Å². The molecule has 1 N–H and O–H groups in total. The molecule has 12 nitrogen and oxygen atoms in total. The topological polar surface area (TPSA) is 161 Å². The van der Waals surface area contributed by atoms with Crippen molar-refractivity contribution in [2.45, 2.75) is 110 Å². The van der Waals surface area contributed by atoms with Crippen molar-refractivity contribution >= 4 is 41.4 Å². The molecule has 0 heterocycles. The number of hydrogen-bond donors (Lipinski definition) is 1. The summed E-state index contributed by atoms with van der Waals surface area (Å²) in [6.07, 6.45) is 11.5. The molecule has 3 aliphatic carbocycles. The van der Waals surface area contributed by atoms with Gasteiger partial charge in [0.05, 0.1) is 33.9 Å². The first-order chi connectivity index (χ1) is 30.4. The molecule has 6 unspecified atom stereocenters. The second kappa shape index (κ2) is 20.7. The van der Waals surface area contributed by atoms with Crippen LogP contribution >= 0.6 is 0 Å². The highest BCUT2D eigenvalue weighted by molar-refractivity contribution is 6.09. The highest BCUT2D eigenvalue weighted by atomic mass is 16.6. The molecule has 63 heavy (non-hydrogen) atoms. The van der Waals surface area contributed by atoms with Crippen molar-refractivity contribution in [3.8, 4) is 17.2 Å². The van der Waals surface area contributed by atoms with Gasteiger partial charge in [0, 0.05) is 5.56 Å².